The molecule has 0 radical (unpaired) electrons. The topological polar surface area (TPSA) is 30.0 Å². The SMILES string of the molecule is O=C(CC(CCc1ccccc1)c1ccncc1)c1ccccc1. The van der Waals surface area contributed by atoms with E-state index in [0.29, 0.717) is 6.42 Å². The van der Waals surface area contributed by atoms with Crippen molar-refractivity contribution < 1.29 is 4.79 Å². The number of nitrogens with zero attached hydrogens (tertiary/aromatic N) is 1. The zero-order valence-corrected chi connectivity index (χ0v) is 13.6. The average molecular weight is 315 g/mol. The summed E-state index contributed by atoms with van der Waals surface area (Å²) in [6, 6.07) is 24.0. The monoisotopic (exact) mass is 315 g/mol. The smallest absolute Gasteiger partial charge is 0.163 e. The molecule has 0 saturated heterocycles. The molecule has 0 bridgehead atoms. The fraction of sp³-hybridized carbons (Fsp3) is 0.182. The molecule has 0 aliphatic heterocycles. The molecule has 1 aromatic heterocycles. The molecule has 0 N–H and O–H groups in total. The Morgan fingerprint density at radius 3 is 2.12 bits per heavy atom. The fourth-order valence-electron chi connectivity index (χ4n) is 2.97. The number of rotatable bonds is 7. The second-order valence-corrected chi connectivity index (χ2v) is 6.00. The van der Waals surface area contributed by atoms with Crippen molar-refractivity contribution in [1.29, 1.82) is 0 Å². The molecule has 1 unspecified atom stereocenters. The van der Waals surface area contributed by atoms with Crippen molar-refractivity contribution in [2.75, 3.05) is 0 Å². The lowest BCUT2D eigenvalue weighted by atomic mass is 9.87. The number of Topliss-reactive ketones (excluding diaryl/α,β-unsaturated/α-hetero) is 1. The minimum Gasteiger partial charge on any atom is -0.294 e. The summed E-state index contributed by atoms with van der Waals surface area (Å²) >= 11 is 0. The Bertz CT molecular complexity index is 754. The van der Waals surface area contributed by atoms with Gasteiger partial charge in [0.1, 0.15) is 0 Å². The third-order valence-electron chi connectivity index (χ3n) is 4.33. The molecule has 1 heterocycles. The molecule has 3 aromatic rings. The van der Waals surface area contributed by atoms with E-state index in [2.05, 4.69) is 29.2 Å². The van der Waals surface area contributed by atoms with Crippen LogP contribution in [-0.2, 0) is 6.42 Å². The molecular formula is C22H21NO. The van der Waals surface area contributed by atoms with Crippen LogP contribution in [0.4, 0.5) is 0 Å². The highest BCUT2D eigenvalue weighted by Gasteiger charge is 2.17. The van der Waals surface area contributed by atoms with Gasteiger partial charge in [0.2, 0.25) is 0 Å². The van der Waals surface area contributed by atoms with E-state index < -0.39 is 0 Å². The normalized spacial score (nSPS) is 11.8. The first-order chi connectivity index (χ1) is 11.8. The van der Waals surface area contributed by atoms with Crippen LogP contribution in [0.25, 0.3) is 0 Å². The van der Waals surface area contributed by atoms with Gasteiger partial charge in [0.15, 0.2) is 5.78 Å². The highest BCUT2D eigenvalue weighted by molar-refractivity contribution is 5.96. The summed E-state index contributed by atoms with van der Waals surface area (Å²) in [5, 5.41) is 0. The predicted octanol–water partition coefficient (Wildman–Crippen LogP) is 5.07. The molecule has 0 aliphatic rings. The number of pyridine rings is 1. The summed E-state index contributed by atoms with van der Waals surface area (Å²) in [5.74, 6) is 0.409. The van der Waals surface area contributed by atoms with Gasteiger partial charge in [-0.15, -0.1) is 0 Å². The van der Waals surface area contributed by atoms with Gasteiger partial charge >= 0.3 is 0 Å². The van der Waals surface area contributed by atoms with Crippen LogP contribution in [0, 0.1) is 0 Å². The van der Waals surface area contributed by atoms with Crippen molar-refractivity contribution in [1.82, 2.24) is 4.98 Å². The number of hydrogen-bond acceptors (Lipinski definition) is 2. The van der Waals surface area contributed by atoms with E-state index in [1.165, 1.54) is 11.1 Å². The summed E-state index contributed by atoms with van der Waals surface area (Å²) in [7, 11) is 0. The quantitative estimate of drug-likeness (QED) is 0.570. The third kappa shape index (κ3) is 4.39. The summed E-state index contributed by atoms with van der Waals surface area (Å²) in [4.78, 5) is 16.7. The maximum absolute atomic E-state index is 12.6. The van der Waals surface area contributed by atoms with Crippen LogP contribution in [0.1, 0.15) is 40.2 Å². The van der Waals surface area contributed by atoms with E-state index >= 15 is 0 Å². The Morgan fingerprint density at radius 1 is 0.833 bits per heavy atom. The lowest BCUT2D eigenvalue weighted by molar-refractivity contribution is 0.0972. The Kier molecular flexibility index (Phi) is 5.52. The number of hydrogen-bond donors (Lipinski definition) is 0. The van der Waals surface area contributed by atoms with E-state index in [-0.39, 0.29) is 11.7 Å². The van der Waals surface area contributed by atoms with Gasteiger partial charge < -0.3 is 0 Å². The summed E-state index contributed by atoms with van der Waals surface area (Å²) in [6.07, 6.45) is 6.05. The number of benzene rings is 2. The minimum atomic E-state index is 0.200. The molecule has 2 heteroatoms. The van der Waals surface area contributed by atoms with Crippen molar-refractivity contribution in [2.24, 2.45) is 0 Å². The van der Waals surface area contributed by atoms with Crippen LogP contribution in [0.3, 0.4) is 0 Å². The van der Waals surface area contributed by atoms with Gasteiger partial charge in [0, 0.05) is 24.4 Å². The summed E-state index contributed by atoms with van der Waals surface area (Å²) in [6.45, 7) is 0. The van der Waals surface area contributed by atoms with E-state index in [9.17, 15) is 4.79 Å². The van der Waals surface area contributed by atoms with Crippen molar-refractivity contribution in [2.45, 2.75) is 25.2 Å². The van der Waals surface area contributed by atoms with Crippen LogP contribution in [0.5, 0.6) is 0 Å². The van der Waals surface area contributed by atoms with Crippen molar-refractivity contribution in [3.63, 3.8) is 0 Å². The molecular weight excluding hydrogens is 294 g/mol. The van der Waals surface area contributed by atoms with Gasteiger partial charge in [-0.1, -0.05) is 60.7 Å². The molecule has 1 atom stereocenters. The fourth-order valence-corrected chi connectivity index (χ4v) is 2.97. The maximum atomic E-state index is 12.6. The van der Waals surface area contributed by atoms with Crippen LogP contribution >= 0.6 is 0 Å². The standard InChI is InChI=1S/C22H21NO/c24-22(20-9-5-2-6-10-20)17-21(19-13-15-23-16-14-19)12-11-18-7-3-1-4-8-18/h1-10,13-16,21H,11-12,17H2. The van der Waals surface area contributed by atoms with Gasteiger partial charge in [-0.25, -0.2) is 0 Å². The first-order valence-corrected chi connectivity index (χ1v) is 8.35. The molecule has 120 valence electrons. The number of carbonyl (C=O) groups excluding carboxylic acids is 1. The number of ketones is 1. The first kappa shape index (κ1) is 16.1. The molecule has 24 heavy (non-hydrogen) atoms. The van der Waals surface area contributed by atoms with Gasteiger partial charge in [-0.05, 0) is 42.0 Å². The molecule has 2 nitrogen and oxygen atoms in total. The van der Waals surface area contributed by atoms with E-state index in [0.717, 1.165) is 18.4 Å². The molecule has 0 aliphatic carbocycles. The largest absolute Gasteiger partial charge is 0.294 e. The van der Waals surface area contributed by atoms with Gasteiger partial charge in [0.05, 0.1) is 0 Å². The molecule has 0 amide bonds. The van der Waals surface area contributed by atoms with Crippen LogP contribution in [0.15, 0.2) is 85.2 Å². The van der Waals surface area contributed by atoms with E-state index in [4.69, 9.17) is 0 Å². The first-order valence-electron chi connectivity index (χ1n) is 8.35. The third-order valence-corrected chi connectivity index (χ3v) is 4.33. The number of aryl methyl sites for hydroxylation is 1. The lowest BCUT2D eigenvalue weighted by Crippen LogP contribution is -2.09. The van der Waals surface area contributed by atoms with Crippen LogP contribution in [0.2, 0.25) is 0 Å². The Labute approximate surface area is 143 Å². The zero-order valence-electron chi connectivity index (χ0n) is 13.6. The molecule has 2 aromatic carbocycles. The molecule has 0 saturated carbocycles. The highest BCUT2D eigenvalue weighted by atomic mass is 16.1. The highest BCUT2D eigenvalue weighted by Crippen LogP contribution is 2.26. The predicted molar refractivity (Wildman–Crippen MR) is 97.1 cm³/mol. The Morgan fingerprint density at radius 2 is 1.46 bits per heavy atom. The van der Waals surface area contributed by atoms with E-state index in [1.807, 2.05) is 48.5 Å². The van der Waals surface area contributed by atoms with Crippen molar-refractivity contribution in [3.8, 4) is 0 Å². The number of aromatic nitrogens is 1. The second-order valence-electron chi connectivity index (χ2n) is 6.00. The maximum Gasteiger partial charge on any atom is 0.163 e. The van der Waals surface area contributed by atoms with Gasteiger partial charge in [-0.3, -0.25) is 9.78 Å². The second kappa shape index (κ2) is 8.21. The molecule has 0 spiro atoms. The van der Waals surface area contributed by atoms with E-state index in [1.54, 1.807) is 12.4 Å². The molecule has 3 rings (SSSR count). The van der Waals surface area contributed by atoms with Crippen LogP contribution < -0.4 is 0 Å². The number of carbonyl (C=O) groups is 1. The van der Waals surface area contributed by atoms with Crippen LogP contribution in [-0.4, -0.2) is 10.8 Å². The van der Waals surface area contributed by atoms with Crippen molar-refractivity contribution >= 4 is 5.78 Å². The average Bonchev–Trinajstić information content (AvgIpc) is 2.67. The summed E-state index contributed by atoms with van der Waals surface area (Å²) < 4.78 is 0. The lowest BCUT2D eigenvalue weighted by Gasteiger charge is -2.17. The Balaban J connectivity index is 1.74. The Hall–Kier alpha value is -2.74. The molecule has 0 fully saturated rings. The van der Waals surface area contributed by atoms with Gasteiger partial charge in [0.25, 0.3) is 0 Å². The minimum absolute atomic E-state index is 0.200. The van der Waals surface area contributed by atoms with Gasteiger partial charge in [-0.2, -0.15) is 0 Å². The van der Waals surface area contributed by atoms with Crippen molar-refractivity contribution in [3.05, 3.63) is 102 Å². The summed E-state index contributed by atoms with van der Waals surface area (Å²) in [5.41, 5.74) is 3.28. The zero-order chi connectivity index (χ0) is 16.6.